The molecule has 1 aromatic rings. The van der Waals surface area contributed by atoms with Gasteiger partial charge in [0.05, 0.1) is 7.11 Å². The Balaban J connectivity index is 2.19. The van der Waals surface area contributed by atoms with E-state index in [9.17, 15) is 4.39 Å². The van der Waals surface area contributed by atoms with E-state index in [1.807, 2.05) is 6.07 Å². The molecule has 0 bridgehead atoms. The van der Waals surface area contributed by atoms with Gasteiger partial charge in [-0.05, 0) is 36.5 Å². The summed E-state index contributed by atoms with van der Waals surface area (Å²) in [5, 5.41) is 0.866. The number of benzene rings is 1. The highest BCUT2D eigenvalue weighted by molar-refractivity contribution is 9.09. The Kier molecular flexibility index (Phi) is 5.44. The molecule has 19 heavy (non-hydrogen) atoms. The van der Waals surface area contributed by atoms with Crippen LogP contribution in [0, 0.1) is 11.7 Å². The molecule has 0 atom stereocenters. The summed E-state index contributed by atoms with van der Waals surface area (Å²) in [6.07, 6.45) is 8.61. The van der Waals surface area contributed by atoms with Crippen molar-refractivity contribution in [2.75, 3.05) is 12.4 Å². The first-order valence-corrected chi connectivity index (χ1v) is 7.96. The summed E-state index contributed by atoms with van der Waals surface area (Å²) in [6, 6.07) is 5.14. The van der Waals surface area contributed by atoms with E-state index in [1.54, 1.807) is 12.1 Å². The molecule has 104 valence electrons. The van der Waals surface area contributed by atoms with Gasteiger partial charge in [-0.25, -0.2) is 4.39 Å². The lowest BCUT2D eigenvalue weighted by atomic mass is 9.84. The van der Waals surface area contributed by atoms with Crippen molar-refractivity contribution in [1.29, 1.82) is 0 Å². The van der Waals surface area contributed by atoms with Crippen molar-refractivity contribution < 1.29 is 9.13 Å². The van der Waals surface area contributed by atoms with Crippen molar-refractivity contribution in [2.24, 2.45) is 5.92 Å². The first-order chi connectivity index (χ1) is 9.24. The molecule has 0 spiro atoms. The van der Waals surface area contributed by atoms with Gasteiger partial charge in [-0.3, -0.25) is 0 Å². The standard InChI is InChI=1S/C16H20BrFO/c1-19-16-8-7-12(10-15(16)18)9-14(11-17)13-5-3-2-4-6-13/h7-10,13H,2-6,11H2,1H3. The highest BCUT2D eigenvalue weighted by Gasteiger charge is 2.17. The maximum absolute atomic E-state index is 13.7. The fourth-order valence-corrected chi connectivity index (χ4v) is 3.35. The SMILES string of the molecule is COc1ccc(C=C(CBr)C2CCCCC2)cc1F. The zero-order chi connectivity index (χ0) is 13.7. The largest absolute Gasteiger partial charge is 0.494 e. The lowest BCUT2D eigenvalue weighted by Crippen LogP contribution is -2.10. The van der Waals surface area contributed by atoms with Crippen LogP contribution in [-0.2, 0) is 0 Å². The minimum atomic E-state index is -0.297. The zero-order valence-corrected chi connectivity index (χ0v) is 12.9. The van der Waals surface area contributed by atoms with E-state index >= 15 is 0 Å². The fourth-order valence-electron chi connectivity index (χ4n) is 2.73. The number of rotatable bonds is 4. The predicted octanol–water partition coefficient (Wildman–Crippen LogP) is 5.19. The van der Waals surface area contributed by atoms with E-state index in [-0.39, 0.29) is 5.82 Å². The van der Waals surface area contributed by atoms with Gasteiger partial charge in [-0.1, -0.05) is 52.9 Å². The number of alkyl halides is 1. The van der Waals surface area contributed by atoms with Crippen LogP contribution >= 0.6 is 15.9 Å². The third-order valence-corrected chi connectivity index (χ3v) is 4.46. The molecular formula is C16H20BrFO. The van der Waals surface area contributed by atoms with Gasteiger partial charge in [0.25, 0.3) is 0 Å². The summed E-state index contributed by atoms with van der Waals surface area (Å²) in [5.41, 5.74) is 2.29. The van der Waals surface area contributed by atoms with Crippen molar-refractivity contribution in [3.8, 4) is 5.75 Å². The van der Waals surface area contributed by atoms with Crippen LogP contribution in [0.3, 0.4) is 0 Å². The average molecular weight is 327 g/mol. The summed E-state index contributed by atoms with van der Waals surface area (Å²) < 4.78 is 18.6. The molecular weight excluding hydrogens is 307 g/mol. The van der Waals surface area contributed by atoms with Gasteiger partial charge >= 0.3 is 0 Å². The number of allylic oxidation sites excluding steroid dienone is 1. The van der Waals surface area contributed by atoms with Crippen LogP contribution in [0.5, 0.6) is 5.75 Å². The summed E-state index contributed by atoms with van der Waals surface area (Å²) >= 11 is 3.57. The van der Waals surface area contributed by atoms with Crippen LogP contribution in [0.25, 0.3) is 6.08 Å². The van der Waals surface area contributed by atoms with E-state index in [2.05, 4.69) is 22.0 Å². The third kappa shape index (κ3) is 3.82. The lowest BCUT2D eigenvalue weighted by Gasteiger charge is -2.23. The number of ether oxygens (including phenoxy) is 1. The Bertz CT molecular complexity index is 450. The Morgan fingerprint density at radius 2 is 2.11 bits per heavy atom. The number of hydrogen-bond acceptors (Lipinski definition) is 1. The van der Waals surface area contributed by atoms with Crippen LogP contribution in [0.2, 0.25) is 0 Å². The van der Waals surface area contributed by atoms with Crippen molar-refractivity contribution in [3.05, 3.63) is 35.2 Å². The van der Waals surface area contributed by atoms with Gasteiger partial charge in [0.15, 0.2) is 11.6 Å². The minimum Gasteiger partial charge on any atom is -0.494 e. The van der Waals surface area contributed by atoms with Gasteiger partial charge < -0.3 is 4.74 Å². The van der Waals surface area contributed by atoms with E-state index < -0.39 is 0 Å². The van der Waals surface area contributed by atoms with Crippen molar-refractivity contribution in [1.82, 2.24) is 0 Å². The highest BCUT2D eigenvalue weighted by atomic mass is 79.9. The quantitative estimate of drug-likeness (QED) is 0.691. The molecule has 3 heteroatoms. The molecule has 1 aliphatic rings. The van der Waals surface area contributed by atoms with E-state index in [0.29, 0.717) is 11.7 Å². The van der Waals surface area contributed by atoms with Crippen LogP contribution in [-0.4, -0.2) is 12.4 Å². The molecule has 2 rings (SSSR count). The molecule has 1 nitrogen and oxygen atoms in total. The lowest BCUT2D eigenvalue weighted by molar-refractivity contribution is 0.386. The van der Waals surface area contributed by atoms with Crippen LogP contribution in [0.4, 0.5) is 4.39 Å². The Morgan fingerprint density at radius 3 is 2.68 bits per heavy atom. The zero-order valence-electron chi connectivity index (χ0n) is 11.3. The monoisotopic (exact) mass is 326 g/mol. The van der Waals surface area contributed by atoms with Crippen molar-refractivity contribution in [2.45, 2.75) is 32.1 Å². The Morgan fingerprint density at radius 1 is 1.37 bits per heavy atom. The highest BCUT2D eigenvalue weighted by Crippen LogP contribution is 2.32. The topological polar surface area (TPSA) is 9.23 Å². The van der Waals surface area contributed by atoms with Crippen LogP contribution in [0.15, 0.2) is 23.8 Å². The van der Waals surface area contributed by atoms with E-state index in [1.165, 1.54) is 44.8 Å². The first kappa shape index (κ1) is 14.6. The predicted molar refractivity (Wildman–Crippen MR) is 81.3 cm³/mol. The minimum absolute atomic E-state index is 0.297. The van der Waals surface area contributed by atoms with Gasteiger partial charge in [0.2, 0.25) is 0 Å². The van der Waals surface area contributed by atoms with Crippen molar-refractivity contribution in [3.63, 3.8) is 0 Å². The molecule has 1 saturated carbocycles. The fraction of sp³-hybridized carbons (Fsp3) is 0.500. The summed E-state index contributed by atoms with van der Waals surface area (Å²) in [4.78, 5) is 0. The maximum atomic E-state index is 13.7. The van der Waals surface area contributed by atoms with Crippen LogP contribution in [0.1, 0.15) is 37.7 Å². The number of hydrogen-bond donors (Lipinski definition) is 0. The molecule has 0 aromatic heterocycles. The summed E-state index contributed by atoms with van der Waals surface area (Å²) in [7, 11) is 1.49. The molecule has 0 radical (unpaired) electrons. The van der Waals surface area contributed by atoms with Crippen molar-refractivity contribution >= 4 is 22.0 Å². The Labute approximate surface area is 123 Å². The Hall–Kier alpha value is -0.830. The average Bonchev–Trinajstić information content (AvgIpc) is 2.46. The number of methoxy groups -OCH3 is 1. The molecule has 0 aliphatic heterocycles. The molecule has 1 fully saturated rings. The van der Waals surface area contributed by atoms with Gasteiger partial charge in [-0.2, -0.15) is 0 Å². The van der Waals surface area contributed by atoms with Gasteiger partial charge in [0.1, 0.15) is 0 Å². The molecule has 1 aliphatic carbocycles. The first-order valence-electron chi connectivity index (χ1n) is 6.84. The van der Waals surface area contributed by atoms with E-state index in [4.69, 9.17) is 4.74 Å². The second kappa shape index (κ2) is 7.09. The maximum Gasteiger partial charge on any atom is 0.165 e. The molecule has 0 N–H and O–H groups in total. The normalized spacial score (nSPS) is 17.5. The summed E-state index contributed by atoms with van der Waals surface area (Å²) in [6.45, 7) is 0. The molecule has 0 saturated heterocycles. The van der Waals surface area contributed by atoms with Gasteiger partial charge in [0, 0.05) is 5.33 Å². The third-order valence-electron chi connectivity index (χ3n) is 3.81. The molecule has 1 aromatic carbocycles. The second-order valence-electron chi connectivity index (χ2n) is 5.08. The molecule has 0 unspecified atom stereocenters. The summed E-state index contributed by atoms with van der Waals surface area (Å²) in [5.74, 6) is 0.655. The van der Waals surface area contributed by atoms with Gasteiger partial charge in [-0.15, -0.1) is 0 Å². The molecule has 0 heterocycles. The second-order valence-corrected chi connectivity index (χ2v) is 5.64. The smallest absolute Gasteiger partial charge is 0.165 e. The number of halogens is 2. The van der Waals surface area contributed by atoms with E-state index in [0.717, 1.165) is 10.9 Å². The molecule has 0 amide bonds. The van der Waals surface area contributed by atoms with Crippen LogP contribution < -0.4 is 4.74 Å².